The van der Waals surface area contributed by atoms with Crippen LogP contribution < -0.4 is 0 Å². The van der Waals surface area contributed by atoms with Gasteiger partial charge in [0.25, 0.3) is 5.91 Å². The van der Waals surface area contributed by atoms with E-state index in [0.717, 1.165) is 38.7 Å². The van der Waals surface area contributed by atoms with E-state index in [0.29, 0.717) is 30.8 Å². The third kappa shape index (κ3) is 3.37. The normalized spacial score (nSPS) is 14.5. The van der Waals surface area contributed by atoms with Crippen molar-refractivity contribution in [2.24, 2.45) is 0 Å². The van der Waals surface area contributed by atoms with Gasteiger partial charge in [-0.15, -0.1) is 0 Å². The first-order chi connectivity index (χ1) is 15.0. The topological polar surface area (TPSA) is 76.6 Å². The molecule has 0 saturated carbocycles. The molecule has 1 aliphatic rings. The molecule has 1 unspecified atom stereocenters. The van der Waals surface area contributed by atoms with Crippen LogP contribution in [0.15, 0.2) is 66.9 Å². The molecule has 1 atom stereocenters. The molecule has 31 heavy (non-hydrogen) atoms. The number of phenolic OH excluding ortho intramolecular Hbond substituents is 1. The Morgan fingerprint density at radius 2 is 1.87 bits per heavy atom. The van der Waals surface area contributed by atoms with Crippen LogP contribution >= 0.6 is 0 Å². The van der Waals surface area contributed by atoms with Crippen LogP contribution in [0.1, 0.15) is 40.1 Å². The van der Waals surface area contributed by atoms with Gasteiger partial charge in [-0.1, -0.05) is 42.5 Å². The lowest BCUT2D eigenvalue weighted by Crippen LogP contribution is -2.36. The fraction of sp³-hybridized carbons (Fsp3) is 0.192. The summed E-state index contributed by atoms with van der Waals surface area (Å²) in [6, 6.07) is 19.2. The number of aromatic nitrogens is 1. The van der Waals surface area contributed by atoms with Crippen LogP contribution in [-0.2, 0) is 13.0 Å². The Labute approximate surface area is 180 Å². The van der Waals surface area contributed by atoms with Crippen molar-refractivity contribution in [3.63, 3.8) is 0 Å². The summed E-state index contributed by atoms with van der Waals surface area (Å²) in [7, 11) is 0. The summed E-state index contributed by atoms with van der Waals surface area (Å²) in [6.45, 7) is 2.82. The number of hydrogen-bond acceptors (Lipinski definition) is 3. The number of fused-ring (bicyclic) bond motifs is 2. The molecular weight excluding hydrogens is 388 g/mol. The van der Waals surface area contributed by atoms with Gasteiger partial charge >= 0.3 is 0 Å². The number of aromatic hydroxyl groups is 1. The molecule has 1 amide bonds. The molecule has 3 N–H and O–H groups in total. The molecule has 3 aromatic carbocycles. The molecule has 0 fully saturated rings. The molecule has 0 saturated heterocycles. The fourth-order valence-corrected chi connectivity index (χ4v) is 4.46. The number of rotatable bonds is 3. The third-order valence-corrected chi connectivity index (χ3v) is 6.19. The van der Waals surface area contributed by atoms with Gasteiger partial charge in [-0.25, -0.2) is 0 Å². The summed E-state index contributed by atoms with van der Waals surface area (Å²) >= 11 is 0. The second-order valence-corrected chi connectivity index (χ2v) is 8.12. The van der Waals surface area contributed by atoms with Crippen LogP contribution in [0, 0.1) is 0 Å². The van der Waals surface area contributed by atoms with Crippen LogP contribution in [0.5, 0.6) is 5.75 Å². The summed E-state index contributed by atoms with van der Waals surface area (Å²) in [5.74, 6) is 0.291. The number of benzene rings is 3. The van der Waals surface area contributed by atoms with Gasteiger partial charge in [-0.2, -0.15) is 0 Å². The highest BCUT2D eigenvalue weighted by Crippen LogP contribution is 2.33. The van der Waals surface area contributed by atoms with Crippen molar-refractivity contribution in [1.82, 2.24) is 9.88 Å². The Morgan fingerprint density at radius 1 is 1.06 bits per heavy atom. The number of hydrogen-bond donors (Lipinski definition) is 3. The van der Waals surface area contributed by atoms with Gasteiger partial charge in [0.05, 0.1) is 17.2 Å². The minimum absolute atomic E-state index is 0.0163. The Hall–Kier alpha value is -3.57. The highest BCUT2D eigenvalue weighted by Gasteiger charge is 2.25. The average molecular weight is 412 g/mol. The van der Waals surface area contributed by atoms with E-state index in [1.807, 2.05) is 65.7 Å². The maximum atomic E-state index is 13.4. The van der Waals surface area contributed by atoms with Crippen LogP contribution in [0.3, 0.4) is 0 Å². The first-order valence-corrected chi connectivity index (χ1v) is 10.5. The van der Waals surface area contributed by atoms with Crippen molar-refractivity contribution in [3.05, 3.63) is 89.1 Å². The molecule has 0 radical (unpaired) electrons. The van der Waals surface area contributed by atoms with Crippen LogP contribution in [0.4, 0.5) is 0 Å². The number of carbonyl (C=O) groups is 1. The number of phenols is 1. The number of carbonyl (C=O) groups excluding carboxylic acids is 1. The molecule has 5 rings (SSSR count). The first-order valence-electron chi connectivity index (χ1n) is 10.5. The Morgan fingerprint density at radius 3 is 2.65 bits per heavy atom. The molecule has 0 spiro atoms. The van der Waals surface area contributed by atoms with Gasteiger partial charge in [0.1, 0.15) is 5.75 Å². The highest BCUT2D eigenvalue weighted by molar-refractivity contribution is 6.09. The maximum absolute atomic E-state index is 13.4. The lowest BCUT2D eigenvalue weighted by atomic mass is 9.96. The van der Waals surface area contributed by atoms with Crippen molar-refractivity contribution in [2.45, 2.75) is 26.0 Å². The van der Waals surface area contributed by atoms with Crippen molar-refractivity contribution in [2.75, 3.05) is 6.54 Å². The second kappa shape index (κ2) is 7.60. The third-order valence-electron chi connectivity index (χ3n) is 6.19. The lowest BCUT2D eigenvalue weighted by molar-refractivity contribution is 0.0735. The second-order valence-electron chi connectivity index (χ2n) is 8.12. The highest BCUT2D eigenvalue weighted by atomic mass is 16.3. The smallest absolute Gasteiger partial charge is 0.256 e. The molecule has 0 aliphatic carbocycles. The molecule has 5 heteroatoms. The molecule has 5 nitrogen and oxygen atoms in total. The molecule has 0 bridgehead atoms. The average Bonchev–Trinajstić information content (AvgIpc) is 3.28. The van der Waals surface area contributed by atoms with E-state index in [2.05, 4.69) is 4.98 Å². The molecule has 1 aromatic heterocycles. The standard InChI is InChI=1S/C26H24N2O3/c1-16(29)17-5-7-18(8-6-17)20-9-10-23(25-22(20)11-13-27-25)26(31)28-14-12-21-19(15-28)3-2-4-24(21)30/h2-11,13,16,27,29-30H,12,14-15H2,1H3. The fourth-order valence-electron chi connectivity index (χ4n) is 4.46. The molecule has 1 aliphatic heterocycles. The van der Waals surface area contributed by atoms with Gasteiger partial charge in [0.2, 0.25) is 0 Å². The predicted octanol–water partition coefficient (Wildman–Crippen LogP) is 4.79. The molecule has 4 aromatic rings. The lowest BCUT2D eigenvalue weighted by Gasteiger charge is -2.29. The van der Waals surface area contributed by atoms with Crippen LogP contribution in [0.2, 0.25) is 0 Å². The van der Waals surface area contributed by atoms with Gasteiger partial charge in [-0.05, 0) is 53.8 Å². The summed E-state index contributed by atoms with van der Waals surface area (Å²) in [4.78, 5) is 18.5. The van der Waals surface area contributed by atoms with Gasteiger partial charge in [0, 0.05) is 30.2 Å². The van der Waals surface area contributed by atoms with E-state index in [9.17, 15) is 15.0 Å². The maximum Gasteiger partial charge on any atom is 0.256 e. The van der Waals surface area contributed by atoms with E-state index in [1.165, 1.54) is 0 Å². The number of nitrogens with one attached hydrogen (secondary N) is 1. The van der Waals surface area contributed by atoms with Gasteiger partial charge in [0.15, 0.2) is 0 Å². The zero-order chi connectivity index (χ0) is 21.5. The van der Waals surface area contributed by atoms with E-state index in [-0.39, 0.29) is 5.91 Å². The summed E-state index contributed by atoms with van der Waals surface area (Å²) < 4.78 is 0. The van der Waals surface area contributed by atoms with E-state index in [1.54, 1.807) is 13.0 Å². The number of H-pyrrole nitrogens is 1. The summed E-state index contributed by atoms with van der Waals surface area (Å²) in [6.07, 6.45) is 2.01. The number of nitrogens with zero attached hydrogens (tertiary/aromatic N) is 1. The number of amides is 1. The zero-order valence-corrected chi connectivity index (χ0v) is 17.3. The quantitative estimate of drug-likeness (QED) is 0.453. The van der Waals surface area contributed by atoms with Gasteiger partial charge in [-0.3, -0.25) is 4.79 Å². The van der Waals surface area contributed by atoms with Crippen molar-refractivity contribution < 1.29 is 15.0 Å². The number of aliphatic hydroxyl groups is 1. The SMILES string of the molecule is CC(O)c1ccc(-c2ccc(C(=O)N3CCc4c(O)cccc4C3)c3[nH]ccc23)cc1. The van der Waals surface area contributed by atoms with E-state index >= 15 is 0 Å². The Balaban J connectivity index is 1.48. The van der Waals surface area contributed by atoms with Crippen molar-refractivity contribution in [3.8, 4) is 16.9 Å². The van der Waals surface area contributed by atoms with E-state index in [4.69, 9.17) is 0 Å². The predicted molar refractivity (Wildman–Crippen MR) is 121 cm³/mol. The summed E-state index contributed by atoms with van der Waals surface area (Å²) in [5, 5.41) is 20.8. The van der Waals surface area contributed by atoms with Crippen molar-refractivity contribution >= 4 is 16.8 Å². The van der Waals surface area contributed by atoms with Gasteiger partial charge < -0.3 is 20.1 Å². The Bertz CT molecular complexity index is 1270. The number of aliphatic hydroxyl groups excluding tert-OH is 1. The molecule has 156 valence electrons. The zero-order valence-electron chi connectivity index (χ0n) is 17.3. The van der Waals surface area contributed by atoms with Crippen LogP contribution in [0.25, 0.3) is 22.0 Å². The first kappa shape index (κ1) is 19.4. The van der Waals surface area contributed by atoms with Crippen LogP contribution in [-0.4, -0.2) is 32.5 Å². The summed E-state index contributed by atoms with van der Waals surface area (Å²) in [5.41, 5.74) is 6.35. The number of aromatic amines is 1. The molecule has 2 heterocycles. The van der Waals surface area contributed by atoms with E-state index < -0.39 is 6.10 Å². The monoisotopic (exact) mass is 412 g/mol. The van der Waals surface area contributed by atoms with Crippen molar-refractivity contribution in [1.29, 1.82) is 0 Å². The Kier molecular flexibility index (Phi) is 4.75. The molecular formula is C26H24N2O3. The minimum atomic E-state index is -0.502. The minimum Gasteiger partial charge on any atom is -0.508 e. The largest absolute Gasteiger partial charge is 0.508 e.